The van der Waals surface area contributed by atoms with Crippen LogP contribution in [0.1, 0.15) is 11.7 Å². The molecule has 0 bridgehead atoms. The van der Waals surface area contributed by atoms with Crippen molar-refractivity contribution in [3.8, 4) is 11.5 Å². The molecule has 3 aromatic rings. The van der Waals surface area contributed by atoms with Crippen LogP contribution in [0.2, 0.25) is 10.0 Å². The maximum atomic E-state index is 10.4. The van der Waals surface area contributed by atoms with Crippen LogP contribution >= 0.6 is 23.2 Å². The quantitative estimate of drug-likeness (QED) is 0.357. The highest BCUT2D eigenvalue weighted by molar-refractivity contribution is 6.31. The van der Waals surface area contributed by atoms with Crippen LogP contribution in [-0.4, -0.2) is 72.5 Å². The minimum atomic E-state index is -1.58. The van der Waals surface area contributed by atoms with Gasteiger partial charge in [-0.1, -0.05) is 29.3 Å². The molecule has 1 unspecified atom stereocenters. The molecule has 0 amide bonds. The van der Waals surface area contributed by atoms with Gasteiger partial charge in [-0.25, -0.2) is 4.98 Å². The Bertz CT molecular complexity index is 1070. The topological polar surface area (TPSA) is 139 Å². The van der Waals surface area contributed by atoms with E-state index in [1.54, 1.807) is 42.5 Å². The van der Waals surface area contributed by atoms with Crippen molar-refractivity contribution in [3.63, 3.8) is 0 Å². The molecule has 1 saturated heterocycles. The zero-order valence-corrected chi connectivity index (χ0v) is 19.2. The number of benzene rings is 2. The van der Waals surface area contributed by atoms with Crippen LogP contribution < -0.4 is 4.74 Å². The van der Waals surface area contributed by atoms with Crippen LogP contribution in [0.5, 0.6) is 11.5 Å². The smallest absolute Gasteiger partial charge is 0.187 e. The average molecular weight is 512 g/mol. The molecule has 4 N–H and O–H groups in total. The van der Waals surface area contributed by atoms with Gasteiger partial charge >= 0.3 is 0 Å². The highest BCUT2D eigenvalue weighted by Gasteiger charge is 2.45. The molecule has 0 radical (unpaired) electrons. The minimum absolute atomic E-state index is 0.145. The van der Waals surface area contributed by atoms with Crippen molar-refractivity contribution in [1.82, 2.24) is 14.8 Å². The molecule has 182 valence electrons. The monoisotopic (exact) mass is 511 g/mol. The number of nitrogens with zero attached hydrogens (tertiary/aromatic N) is 3. The molecule has 2 aromatic carbocycles. The molecule has 12 heteroatoms. The van der Waals surface area contributed by atoms with Gasteiger partial charge in [-0.05, 0) is 36.4 Å². The third-order valence-corrected chi connectivity index (χ3v) is 5.91. The molecule has 0 aliphatic carbocycles. The molecule has 0 spiro atoms. The molecule has 34 heavy (non-hydrogen) atoms. The summed E-state index contributed by atoms with van der Waals surface area (Å²) in [6.45, 7) is -0.428. The number of hydrogen-bond donors (Lipinski definition) is 4. The van der Waals surface area contributed by atoms with Gasteiger partial charge in [0.05, 0.1) is 18.2 Å². The Labute approximate surface area is 204 Å². The maximum absolute atomic E-state index is 10.4. The number of hydrogen-bond acceptors (Lipinski definition) is 9. The highest BCUT2D eigenvalue weighted by Crippen LogP contribution is 2.35. The molecule has 6 atom stereocenters. The summed E-state index contributed by atoms with van der Waals surface area (Å²) in [5, 5.41) is 45.0. The van der Waals surface area contributed by atoms with Crippen LogP contribution in [0.4, 0.5) is 0 Å². The zero-order valence-electron chi connectivity index (χ0n) is 17.7. The molecule has 1 aromatic heterocycles. The van der Waals surface area contributed by atoms with Crippen LogP contribution in [0.3, 0.4) is 0 Å². The van der Waals surface area contributed by atoms with E-state index in [9.17, 15) is 20.4 Å². The van der Waals surface area contributed by atoms with E-state index >= 15 is 0 Å². The van der Waals surface area contributed by atoms with Gasteiger partial charge in [0.1, 0.15) is 54.7 Å². The molecule has 10 nitrogen and oxygen atoms in total. The molecule has 1 aliphatic heterocycles. The van der Waals surface area contributed by atoms with Crippen molar-refractivity contribution in [2.24, 2.45) is 0 Å². The Balaban J connectivity index is 1.57. The first-order valence-electron chi connectivity index (χ1n) is 10.4. The maximum Gasteiger partial charge on any atom is 0.187 e. The molecule has 2 heterocycles. The number of ether oxygens (including phenoxy) is 3. The van der Waals surface area contributed by atoms with Gasteiger partial charge in [-0.3, -0.25) is 4.68 Å². The zero-order chi connectivity index (χ0) is 24.2. The highest BCUT2D eigenvalue weighted by atomic mass is 35.5. The predicted octanol–water partition coefficient (Wildman–Crippen LogP) is 1.93. The Morgan fingerprint density at radius 2 is 1.74 bits per heavy atom. The first-order chi connectivity index (χ1) is 16.4. The molecule has 4 rings (SSSR count). The van der Waals surface area contributed by atoms with Crippen LogP contribution in [-0.2, 0) is 16.0 Å². The fourth-order valence-electron chi connectivity index (χ4n) is 3.52. The third kappa shape index (κ3) is 5.68. The summed E-state index contributed by atoms with van der Waals surface area (Å²) in [7, 11) is 0. The van der Waals surface area contributed by atoms with Gasteiger partial charge in [-0.2, -0.15) is 5.10 Å². The first kappa shape index (κ1) is 24.8. The average Bonchev–Trinajstić information content (AvgIpc) is 3.34. The largest absolute Gasteiger partial charge is 0.457 e. The third-order valence-electron chi connectivity index (χ3n) is 5.33. The second-order valence-corrected chi connectivity index (χ2v) is 8.52. The molecular formula is C22H23Cl2N3O7. The van der Waals surface area contributed by atoms with E-state index in [-0.39, 0.29) is 6.54 Å². The van der Waals surface area contributed by atoms with Crippen molar-refractivity contribution >= 4 is 23.2 Å². The Hall–Kier alpha value is -2.28. The molecule has 0 saturated carbocycles. The Morgan fingerprint density at radius 1 is 1.00 bits per heavy atom. The lowest BCUT2D eigenvalue weighted by molar-refractivity contribution is -0.313. The first-order valence-corrected chi connectivity index (χ1v) is 11.1. The summed E-state index contributed by atoms with van der Waals surface area (Å²) in [6.07, 6.45) is -5.07. The summed E-state index contributed by atoms with van der Waals surface area (Å²) in [5.74, 6) is 1.05. The number of aliphatic hydroxyl groups is 4. The van der Waals surface area contributed by atoms with Gasteiger partial charge in [0, 0.05) is 10.6 Å². The Kier molecular flexibility index (Phi) is 8.02. The SMILES string of the molecule is OC[C@H]1O[C@@H](OC(Cn2cncn2)c2ccc(Oc3ccc(Cl)cc3)cc2Cl)[C@H](O)[C@@H](O)[C@@H]1O. The number of rotatable bonds is 8. The summed E-state index contributed by atoms with van der Waals surface area (Å²) >= 11 is 12.5. The van der Waals surface area contributed by atoms with Crippen molar-refractivity contribution in [2.45, 2.75) is 43.4 Å². The van der Waals surface area contributed by atoms with Gasteiger partial charge in [0.2, 0.25) is 0 Å². The lowest BCUT2D eigenvalue weighted by atomic mass is 9.99. The fraction of sp³-hybridized carbons (Fsp3) is 0.364. The van der Waals surface area contributed by atoms with Gasteiger partial charge in [0.25, 0.3) is 0 Å². The van der Waals surface area contributed by atoms with E-state index < -0.39 is 43.4 Å². The van der Waals surface area contributed by atoms with Crippen molar-refractivity contribution in [2.75, 3.05) is 6.61 Å². The summed E-state index contributed by atoms with van der Waals surface area (Å²) in [6, 6.07) is 11.8. The second kappa shape index (κ2) is 11.0. The molecule has 1 aliphatic rings. The number of aromatic nitrogens is 3. The predicted molar refractivity (Wildman–Crippen MR) is 121 cm³/mol. The van der Waals surface area contributed by atoms with E-state index in [4.69, 9.17) is 37.4 Å². The van der Waals surface area contributed by atoms with Gasteiger partial charge in [-0.15, -0.1) is 0 Å². The lowest BCUT2D eigenvalue weighted by Gasteiger charge is -2.41. The number of aliphatic hydroxyl groups excluding tert-OH is 4. The van der Waals surface area contributed by atoms with E-state index in [0.29, 0.717) is 27.1 Å². The van der Waals surface area contributed by atoms with Crippen LogP contribution in [0, 0.1) is 0 Å². The van der Waals surface area contributed by atoms with E-state index in [0.717, 1.165) is 0 Å². The summed E-state index contributed by atoms with van der Waals surface area (Å²) < 4.78 is 18.8. The molecular weight excluding hydrogens is 489 g/mol. The van der Waals surface area contributed by atoms with Gasteiger partial charge in [0.15, 0.2) is 6.29 Å². The minimum Gasteiger partial charge on any atom is -0.457 e. The molecule has 1 fully saturated rings. The summed E-state index contributed by atoms with van der Waals surface area (Å²) in [4.78, 5) is 3.91. The van der Waals surface area contributed by atoms with Crippen LogP contribution in [0.15, 0.2) is 55.1 Å². The van der Waals surface area contributed by atoms with E-state index in [2.05, 4.69) is 10.1 Å². The normalized spacial score (nSPS) is 25.8. The van der Waals surface area contributed by atoms with Crippen molar-refractivity contribution < 1.29 is 34.6 Å². The standard InChI is InChI=1S/C22H23Cl2N3O7/c23-12-1-3-13(4-2-12)32-14-5-6-15(16(24)7-14)17(8-27-11-25-10-26-27)33-22-21(31)20(30)19(29)18(9-28)34-22/h1-7,10-11,17-22,28-31H,8-9H2/t17?,18-,19-,20+,21-,22-/m1/s1. The van der Waals surface area contributed by atoms with Crippen LogP contribution in [0.25, 0.3) is 0 Å². The summed E-state index contributed by atoms with van der Waals surface area (Å²) in [5.41, 5.74) is 0.526. The Morgan fingerprint density at radius 3 is 2.38 bits per heavy atom. The van der Waals surface area contributed by atoms with E-state index in [1.807, 2.05) is 0 Å². The number of halogens is 2. The fourth-order valence-corrected chi connectivity index (χ4v) is 3.94. The lowest BCUT2D eigenvalue weighted by Crippen LogP contribution is -2.59. The van der Waals surface area contributed by atoms with E-state index in [1.165, 1.54) is 17.3 Å². The van der Waals surface area contributed by atoms with Crippen molar-refractivity contribution in [1.29, 1.82) is 0 Å². The second-order valence-electron chi connectivity index (χ2n) is 7.68. The van der Waals surface area contributed by atoms with Crippen molar-refractivity contribution in [3.05, 3.63) is 70.7 Å². The van der Waals surface area contributed by atoms with Gasteiger partial charge < -0.3 is 34.6 Å².